The summed E-state index contributed by atoms with van der Waals surface area (Å²) in [5.41, 5.74) is 10.8. The van der Waals surface area contributed by atoms with E-state index in [-0.39, 0.29) is 59.0 Å². The molecule has 1 N–H and O–H groups in total. The van der Waals surface area contributed by atoms with Gasteiger partial charge >= 0.3 is 0 Å². The first-order valence-electron chi connectivity index (χ1n) is 28.9. The van der Waals surface area contributed by atoms with E-state index >= 15 is 0 Å². The van der Waals surface area contributed by atoms with Gasteiger partial charge in [0.1, 0.15) is 57.9 Å². The van der Waals surface area contributed by atoms with Crippen LogP contribution in [0.4, 0.5) is 0 Å². The van der Waals surface area contributed by atoms with Crippen LogP contribution in [0.25, 0.3) is 44.3 Å². The van der Waals surface area contributed by atoms with E-state index in [9.17, 15) is 9.59 Å². The predicted molar refractivity (Wildman–Crippen MR) is 326 cm³/mol. The molecule has 0 bridgehead atoms. The monoisotopic (exact) mass is 1120 g/mol. The molecular weight excluding hydrogens is 1040 g/mol. The van der Waals surface area contributed by atoms with Gasteiger partial charge in [-0.15, -0.1) is 0 Å². The van der Waals surface area contributed by atoms with Gasteiger partial charge in [0, 0.05) is 67.8 Å². The van der Waals surface area contributed by atoms with Crippen LogP contribution in [-0.4, -0.2) is 100 Å². The number of aromatic amines is 1. The number of methoxy groups -OCH3 is 2. The Morgan fingerprint density at radius 2 is 1.06 bits per heavy atom. The van der Waals surface area contributed by atoms with E-state index in [2.05, 4.69) is 144 Å². The molecule has 434 valence electrons. The first-order chi connectivity index (χ1) is 39.5. The lowest BCUT2D eigenvalue weighted by atomic mass is 10.0. The van der Waals surface area contributed by atoms with Gasteiger partial charge in [-0.25, -0.2) is 9.97 Å². The van der Waals surface area contributed by atoms with Crippen molar-refractivity contribution in [1.82, 2.24) is 48.9 Å². The van der Waals surface area contributed by atoms with E-state index in [1.54, 1.807) is 14.2 Å². The first kappa shape index (κ1) is 57.8. The van der Waals surface area contributed by atoms with Crippen LogP contribution in [0.1, 0.15) is 123 Å². The topological polar surface area (TPSA) is 160 Å². The summed E-state index contributed by atoms with van der Waals surface area (Å²) in [7, 11) is 3.31. The Bertz CT molecular complexity index is 3730. The van der Waals surface area contributed by atoms with E-state index in [1.165, 1.54) is 5.56 Å². The largest absolute Gasteiger partial charge is 0.497 e. The molecule has 2 saturated heterocycles. The zero-order valence-electron chi connectivity index (χ0n) is 50.6. The molecular formula is C67H80N10O6. The fourth-order valence-corrected chi connectivity index (χ4v) is 11.3. The highest BCUT2D eigenvalue weighted by Crippen LogP contribution is 2.39. The Morgan fingerprint density at radius 1 is 0.590 bits per heavy atom. The minimum Gasteiger partial charge on any atom is -0.497 e. The fourth-order valence-electron chi connectivity index (χ4n) is 11.3. The van der Waals surface area contributed by atoms with Gasteiger partial charge in [-0.05, 0) is 159 Å². The standard InChI is InChI=1S/C37H43N5O3.C30H37N5O3/c1-24(28-13-15-32(44-7)16-14-28)40-22-30(19-35(40)43)25(2)45-34-18-29(31-20-38-42(23-31)37(4,5)6)17-33-36(34)39-26(3)41(33)21-27-11-9-8-10-12-27;1-18(21-8-10-25(37-7)11-9-21)34-16-23(14-28(34)36)19(2)38-27-13-22(12-26-29(27)33-20(3)32-26)24-15-31-35(17-24)30(4,5)6/h8-18,20,23-25,30H,19,21-22H2,1-7H3;8-13,15,17-19,23H,14,16H2,1-7H3,(H,32,33)/t24-,25+,30+;18-,19+,23+/m00/s1. The number of ether oxygens (including phenoxy) is 4. The second kappa shape index (κ2) is 23.5. The number of amides is 2. The summed E-state index contributed by atoms with van der Waals surface area (Å²) in [5, 5.41) is 9.23. The van der Waals surface area contributed by atoms with Gasteiger partial charge < -0.3 is 38.3 Å². The molecule has 16 heteroatoms. The Morgan fingerprint density at radius 3 is 1.52 bits per heavy atom. The van der Waals surface area contributed by atoms with Gasteiger partial charge in [-0.3, -0.25) is 19.0 Å². The SMILES string of the molecule is COc1ccc([C@H](C)N2C[C@H]([C@@H](C)Oc3cc(-c4cnn(C(C)(C)C)c4)cc4[nH]c(C)nc34)CC2=O)cc1.COc1ccc([C@H](C)N2C[C@H]([C@@H](C)Oc3cc(-c4cnn(C(C)(C)C)c4)cc4c3nc(C)n4Cc3ccccc3)CC2=O)cc1. The molecule has 0 unspecified atom stereocenters. The summed E-state index contributed by atoms with van der Waals surface area (Å²) in [5.74, 6) is 5.22. The molecule has 16 nitrogen and oxygen atoms in total. The Hall–Kier alpha value is -8.40. The number of carbonyl (C=O) groups is 2. The highest BCUT2D eigenvalue weighted by molar-refractivity contribution is 5.89. The van der Waals surface area contributed by atoms with Gasteiger partial charge in [0.25, 0.3) is 0 Å². The molecule has 9 aromatic rings. The third kappa shape index (κ3) is 12.5. The Balaban J connectivity index is 0.000000188. The van der Waals surface area contributed by atoms with Crippen molar-refractivity contribution in [3.8, 4) is 45.3 Å². The molecule has 0 radical (unpaired) electrons. The lowest BCUT2D eigenvalue weighted by Gasteiger charge is -2.27. The maximum atomic E-state index is 13.3. The first-order valence-corrected chi connectivity index (χ1v) is 28.9. The van der Waals surface area contributed by atoms with Crippen LogP contribution in [0.3, 0.4) is 0 Å². The summed E-state index contributed by atoms with van der Waals surface area (Å²) in [6.45, 7) is 27.1. The second-order valence-electron chi connectivity index (χ2n) is 24.5. The average Bonchev–Trinajstić information content (AvgIpc) is 4.02. The highest BCUT2D eigenvalue weighted by Gasteiger charge is 2.39. The van der Waals surface area contributed by atoms with Crippen molar-refractivity contribution in [3.05, 3.63) is 156 Å². The van der Waals surface area contributed by atoms with Crippen molar-refractivity contribution in [2.75, 3.05) is 27.3 Å². The maximum absolute atomic E-state index is 13.3. The van der Waals surface area contributed by atoms with E-state index in [0.717, 1.165) is 84.3 Å². The minimum absolute atomic E-state index is 0.0195. The van der Waals surface area contributed by atoms with Crippen molar-refractivity contribution in [2.24, 2.45) is 11.8 Å². The molecule has 6 atom stereocenters. The maximum Gasteiger partial charge on any atom is 0.223 e. The number of nitrogens with one attached hydrogen (secondary N) is 1. The zero-order valence-corrected chi connectivity index (χ0v) is 50.6. The molecule has 2 aliphatic rings. The number of hydrogen-bond acceptors (Lipinski definition) is 10. The van der Waals surface area contributed by atoms with Crippen LogP contribution in [0.5, 0.6) is 23.0 Å². The van der Waals surface area contributed by atoms with E-state index in [1.807, 2.05) is 106 Å². The van der Waals surface area contributed by atoms with Crippen LogP contribution in [-0.2, 0) is 27.2 Å². The fraction of sp³-hybridized carbons (Fsp3) is 0.403. The number of fused-ring (bicyclic) bond motifs is 2. The van der Waals surface area contributed by atoms with E-state index in [0.29, 0.717) is 38.2 Å². The highest BCUT2D eigenvalue weighted by atomic mass is 16.5. The van der Waals surface area contributed by atoms with E-state index < -0.39 is 0 Å². The van der Waals surface area contributed by atoms with Gasteiger partial charge in [-0.1, -0.05) is 54.6 Å². The van der Waals surface area contributed by atoms with Crippen molar-refractivity contribution in [3.63, 3.8) is 0 Å². The Kier molecular flexibility index (Phi) is 16.3. The summed E-state index contributed by atoms with van der Waals surface area (Å²) < 4.78 is 30.1. The minimum atomic E-state index is -0.197. The van der Waals surface area contributed by atoms with Crippen LogP contribution in [0, 0.1) is 25.7 Å². The lowest BCUT2D eigenvalue weighted by Crippen LogP contribution is -2.31. The molecule has 0 saturated carbocycles. The van der Waals surface area contributed by atoms with Crippen LogP contribution in [0.15, 0.2) is 128 Å². The van der Waals surface area contributed by atoms with Crippen LogP contribution in [0.2, 0.25) is 0 Å². The molecule has 2 amide bonds. The predicted octanol–water partition coefficient (Wildman–Crippen LogP) is 13.3. The number of carbonyl (C=O) groups excluding carboxylic acids is 2. The second-order valence-corrected chi connectivity index (χ2v) is 24.5. The third-order valence-electron chi connectivity index (χ3n) is 16.5. The lowest BCUT2D eigenvalue weighted by molar-refractivity contribution is -0.130. The molecule has 0 spiro atoms. The van der Waals surface area contributed by atoms with Gasteiger partial charge in [0.2, 0.25) is 11.8 Å². The van der Waals surface area contributed by atoms with Crippen LogP contribution >= 0.6 is 0 Å². The summed E-state index contributed by atoms with van der Waals surface area (Å²) >= 11 is 0. The quantitative estimate of drug-likeness (QED) is 0.0986. The summed E-state index contributed by atoms with van der Waals surface area (Å²) in [6.07, 6.45) is 8.50. The number of rotatable bonds is 16. The van der Waals surface area contributed by atoms with Crippen LogP contribution < -0.4 is 18.9 Å². The van der Waals surface area contributed by atoms with Gasteiger partial charge in [-0.2, -0.15) is 10.2 Å². The zero-order chi connectivity index (χ0) is 59.1. The molecule has 11 rings (SSSR count). The molecule has 0 aliphatic carbocycles. The Labute approximate surface area is 487 Å². The number of hydrogen-bond donors (Lipinski definition) is 1. The number of imidazole rings is 2. The number of H-pyrrole nitrogens is 1. The normalized spacial score (nSPS) is 17.2. The smallest absolute Gasteiger partial charge is 0.223 e. The van der Waals surface area contributed by atoms with Crippen molar-refractivity contribution in [1.29, 1.82) is 0 Å². The molecule has 6 heterocycles. The van der Waals surface area contributed by atoms with Gasteiger partial charge in [0.05, 0.1) is 60.8 Å². The summed E-state index contributed by atoms with van der Waals surface area (Å²) in [4.78, 5) is 43.3. The number of aryl methyl sites for hydroxylation is 2. The number of benzene rings is 5. The van der Waals surface area contributed by atoms with Gasteiger partial charge in [0.15, 0.2) is 0 Å². The number of likely N-dealkylation sites (tertiary alicyclic amines) is 2. The van der Waals surface area contributed by atoms with Crippen molar-refractivity contribution < 1.29 is 28.5 Å². The molecule has 4 aromatic heterocycles. The number of nitrogens with zero attached hydrogens (tertiary/aromatic N) is 9. The molecule has 2 fully saturated rings. The third-order valence-corrected chi connectivity index (χ3v) is 16.5. The number of aromatic nitrogens is 8. The van der Waals surface area contributed by atoms with Crippen molar-refractivity contribution >= 4 is 33.9 Å². The molecule has 5 aromatic carbocycles. The molecule has 83 heavy (non-hydrogen) atoms. The molecule has 2 aliphatic heterocycles. The average molecular weight is 1120 g/mol. The summed E-state index contributed by atoms with van der Waals surface area (Å²) in [6, 6.07) is 34.6. The van der Waals surface area contributed by atoms with Crippen molar-refractivity contribution in [2.45, 2.75) is 138 Å². The van der Waals surface area contributed by atoms with E-state index in [4.69, 9.17) is 28.9 Å².